The van der Waals surface area contributed by atoms with E-state index in [1.165, 1.54) is 6.07 Å². The molecule has 2 N–H and O–H groups in total. The molecule has 0 fully saturated rings. The van der Waals surface area contributed by atoms with Gasteiger partial charge >= 0.3 is 0 Å². The number of hydrogen-bond donors (Lipinski definition) is 1. The zero-order valence-electron chi connectivity index (χ0n) is 9.33. The average Bonchev–Trinajstić information content (AvgIpc) is 2.71. The Bertz CT molecular complexity index is 502. The monoisotopic (exact) mass is 219 g/mol. The maximum Gasteiger partial charge on any atom is 0.134 e. The van der Waals surface area contributed by atoms with Crippen LogP contribution in [-0.2, 0) is 0 Å². The molecule has 2 aromatic rings. The first-order chi connectivity index (χ1) is 7.58. The Morgan fingerprint density at radius 1 is 1.25 bits per heavy atom. The summed E-state index contributed by atoms with van der Waals surface area (Å²) in [6, 6.07) is 8.48. The second-order valence-electron chi connectivity index (χ2n) is 3.95. The summed E-state index contributed by atoms with van der Waals surface area (Å²) in [6.07, 6.45) is 0. The Balaban J connectivity index is 2.39. The highest BCUT2D eigenvalue weighted by atomic mass is 19.1. The lowest BCUT2D eigenvalue weighted by Crippen LogP contribution is -2.02. The third kappa shape index (κ3) is 1.99. The first-order valence-electron chi connectivity index (χ1n) is 5.20. The van der Waals surface area contributed by atoms with E-state index < -0.39 is 0 Å². The molecule has 0 saturated heterocycles. The molecule has 1 heterocycles. The number of aryl methyl sites for hydroxylation is 1. The van der Waals surface area contributed by atoms with E-state index in [4.69, 9.17) is 10.2 Å². The van der Waals surface area contributed by atoms with Gasteiger partial charge in [-0.1, -0.05) is 0 Å². The molecule has 1 aromatic heterocycles. The van der Waals surface area contributed by atoms with Gasteiger partial charge in [-0.2, -0.15) is 0 Å². The fourth-order valence-corrected chi connectivity index (χ4v) is 1.55. The third-order valence-corrected chi connectivity index (χ3v) is 2.52. The summed E-state index contributed by atoms with van der Waals surface area (Å²) < 4.78 is 18.7. The lowest BCUT2D eigenvalue weighted by molar-refractivity contribution is 0.491. The second-order valence-corrected chi connectivity index (χ2v) is 3.95. The van der Waals surface area contributed by atoms with Crippen LogP contribution < -0.4 is 5.73 Å². The van der Waals surface area contributed by atoms with Crippen molar-refractivity contribution in [2.45, 2.75) is 19.9 Å². The number of furan rings is 1. The van der Waals surface area contributed by atoms with E-state index in [1.54, 1.807) is 19.1 Å². The fourth-order valence-electron chi connectivity index (χ4n) is 1.55. The van der Waals surface area contributed by atoms with E-state index in [0.717, 1.165) is 17.1 Å². The molecule has 1 aromatic carbocycles. The Morgan fingerprint density at radius 3 is 2.56 bits per heavy atom. The van der Waals surface area contributed by atoms with Gasteiger partial charge in [0.05, 0.1) is 6.04 Å². The zero-order chi connectivity index (χ0) is 11.7. The van der Waals surface area contributed by atoms with E-state index >= 15 is 0 Å². The highest BCUT2D eigenvalue weighted by Crippen LogP contribution is 2.25. The van der Waals surface area contributed by atoms with Gasteiger partial charge in [-0.3, -0.25) is 0 Å². The summed E-state index contributed by atoms with van der Waals surface area (Å²) >= 11 is 0. The van der Waals surface area contributed by atoms with Crippen molar-refractivity contribution in [3.63, 3.8) is 0 Å². The molecule has 0 radical (unpaired) electrons. The molecule has 0 aliphatic carbocycles. The number of nitrogens with two attached hydrogens (primary N) is 1. The average molecular weight is 219 g/mol. The minimum Gasteiger partial charge on any atom is -0.459 e. The molecule has 1 atom stereocenters. The van der Waals surface area contributed by atoms with Crippen LogP contribution in [0, 0.1) is 12.7 Å². The van der Waals surface area contributed by atoms with Gasteiger partial charge in [-0.15, -0.1) is 0 Å². The summed E-state index contributed by atoms with van der Waals surface area (Å²) in [6.45, 7) is 3.59. The Morgan fingerprint density at radius 2 is 2.00 bits per heavy atom. The third-order valence-electron chi connectivity index (χ3n) is 2.52. The van der Waals surface area contributed by atoms with Crippen molar-refractivity contribution < 1.29 is 8.81 Å². The van der Waals surface area contributed by atoms with E-state index in [0.29, 0.717) is 5.56 Å². The second kappa shape index (κ2) is 4.10. The molecule has 3 heteroatoms. The van der Waals surface area contributed by atoms with Crippen molar-refractivity contribution in [3.05, 3.63) is 47.5 Å². The lowest BCUT2D eigenvalue weighted by Gasteiger charge is -2.02. The maximum atomic E-state index is 13.1. The molecule has 0 saturated carbocycles. The van der Waals surface area contributed by atoms with Gasteiger partial charge in [0.25, 0.3) is 0 Å². The number of hydrogen-bond acceptors (Lipinski definition) is 2. The molecule has 1 unspecified atom stereocenters. The predicted octanol–water partition coefficient (Wildman–Crippen LogP) is 3.41. The topological polar surface area (TPSA) is 39.2 Å². The number of halogens is 1. The molecule has 2 rings (SSSR count). The summed E-state index contributed by atoms with van der Waals surface area (Å²) in [5.74, 6) is 1.25. The van der Waals surface area contributed by atoms with Crippen LogP contribution in [0.2, 0.25) is 0 Å². The van der Waals surface area contributed by atoms with Crippen LogP contribution in [0.3, 0.4) is 0 Å². The molecule has 0 aliphatic heterocycles. The normalized spacial score (nSPS) is 12.8. The summed E-state index contributed by atoms with van der Waals surface area (Å²) in [5.41, 5.74) is 7.18. The van der Waals surface area contributed by atoms with Gasteiger partial charge in [0.2, 0.25) is 0 Å². The van der Waals surface area contributed by atoms with Gasteiger partial charge < -0.3 is 10.2 Å². The lowest BCUT2D eigenvalue weighted by atomic mass is 10.1. The van der Waals surface area contributed by atoms with Crippen molar-refractivity contribution in [2.75, 3.05) is 0 Å². The van der Waals surface area contributed by atoms with Gasteiger partial charge in [-0.05, 0) is 49.7 Å². The van der Waals surface area contributed by atoms with Gasteiger partial charge in [0.15, 0.2) is 0 Å². The van der Waals surface area contributed by atoms with E-state index in [1.807, 2.05) is 19.1 Å². The van der Waals surface area contributed by atoms with Crippen LogP contribution in [0.5, 0.6) is 0 Å². The molecule has 0 aliphatic rings. The van der Waals surface area contributed by atoms with Crippen LogP contribution in [0.4, 0.5) is 4.39 Å². The molecular weight excluding hydrogens is 205 g/mol. The molecule has 16 heavy (non-hydrogen) atoms. The standard InChI is InChI=1S/C13H14FNO/c1-8-7-10(3-4-11(8)14)13-6-5-12(16-13)9(2)15/h3-7,9H,15H2,1-2H3. The predicted molar refractivity (Wildman–Crippen MR) is 61.4 cm³/mol. The Labute approximate surface area is 93.9 Å². The van der Waals surface area contributed by atoms with Crippen molar-refractivity contribution >= 4 is 0 Å². The number of benzene rings is 1. The SMILES string of the molecule is Cc1cc(-c2ccc(C(C)N)o2)ccc1F. The molecule has 2 nitrogen and oxygen atoms in total. The molecule has 84 valence electrons. The first kappa shape index (κ1) is 10.9. The van der Waals surface area contributed by atoms with Gasteiger partial charge in [0.1, 0.15) is 17.3 Å². The van der Waals surface area contributed by atoms with Crippen molar-refractivity contribution in [2.24, 2.45) is 5.73 Å². The van der Waals surface area contributed by atoms with E-state index in [-0.39, 0.29) is 11.9 Å². The van der Waals surface area contributed by atoms with Crippen molar-refractivity contribution in [1.82, 2.24) is 0 Å². The molecule has 0 bridgehead atoms. The van der Waals surface area contributed by atoms with Crippen LogP contribution >= 0.6 is 0 Å². The van der Waals surface area contributed by atoms with Crippen molar-refractivity contribution in [3.8, 4) is 11.3 Å². The Kier molecular flexibility index (Phi) is 2.79. The number of rotatable bonds is 2. The van der Waals surface area contributed by atoms with Crippen LogP contribution in [0.15, 0.2) is 34.7 Å². The summed E-state index contributed by atoms with van der Waals surface area (Å²) in [5, 5.41) is 0. The first-order valence-corrected chi connectivity index (χ1v) is 5.20. The highest BCUT2D eigenvalue weighted by molar-refractivity contribution is 5.58. The van der Waals surface area contributed by atoms with Gasteiger partial charge in [0, 0.05) is 5.56 Å². The zero-order valence-corrected chi connectivity index (χ0v) is 9.33. The summed E-state index contributed by atoms with van der Waals surface area (Å²) in [7, 11) is 0. The minimum atomic E-state index is -0.206. The quantitative estimate of drug-likeness (QED) is 0.840. The molecular formula is C13H14FNO. The Hall–Kier alpha value is -1.61. The summed E-state index contributed by atoms with van der Waals surface area (Å²) in [4.78, 5) is 0. The van der Waals surface area contributed by atoms with Crippen LogP contribution in [0.1, 0.15) is 24.3 Å². The maximum absolute atomic E-state index is 13.1. The largest absolute Gasteiger partial charge is 0.459 e. The van der Waals surface area contributed by atoms with E-state index in [2.05, 4.69) is 0 Å². The van der Waals surface area contributed by atoms with Crippen molar-refractivity contribution in [1.29, 1.82) is 0 Å². The highest BCUT2D eigenvalue weighted by Gasteiger charge is 2.08. The van der Waals surface area contributed by atoms with Crippen LogP contribution in [-0.4, -0.2) is 0 Å². The minimum absolute atomic E-state index is 0.129. The smallest absolute Gasteiger partial charge is 0.134 e. The van der Waals surface area contributed by atoms with Crippen LogP contribution in [0.25, 0.3) is 11.3 Å². The van der Waals surface area contributed by atoms with Gasteiger partial charge in [-0.25, -0.2) is 4.39 Å². The van der Waals surface area contributed by atoms with E-state index in [9.17, 15) is 4.39 Å². The molecule has 0 amide bonds. The fraction of sp³-hybridized carbons (Fsp3) is 0.231. The molecule has 0 spiro atoms.